The van der Waals surface area contributed by atoms with Crippen LogP contribution in [0.15, 0.2) is 0 Å². The number of rotatable bonds is 8. The van der Waals surface area contributed by atoms with Crippen molar-refractivity contribution in [3.8, 4) is 0 Å². The van der Waals surface area contributed by atoms with Gasteiger partial charge in [-0.25, -0.2) is 4.39 Å². The SMILES string of the molecule is O=C(COC1CCC(Cl)C(F)C1)NC12CCC(NC(=O)COC3CCC4CCCCC4C3)(CC1)[C@@H](O)C2. The third-order valence-electron chi connectivity index (χ3n) is 10.2. The van der Waals surface area contributed by atoms with E-state index in [4.69, 9.17) is 21.1 Å². The van der Waals surface area contributed by atoms with Crippen LogP contribution in [0.1, 0.15) is 96.3 Å². The van der Waals surface area contributed by atoms with Crippen LogP contribution >= 0.6 is 11.6 Å². The molecule has 6 aliphatic carbocycles. The highest BCUT2D eigenvalue weighted by Crippen LogP contribution is 2.47. The smallest absolute Gasteiger partial charge is 0.246 e. The number of carbonyl (C=O) groups excluding carboxylic acids is 2. The molecular formula is C28H44ClFN2O5. The number of aliphatic hydroxyl groups is 1. The van der Waals surface area contributed by atoms with E-state index < -0.39 is 28.7 Å². The molecule has 3 N–H and O–H groups in total. The summed E-state index contributed by atoms with van der Waals surface area (Å²) in [6, 6.07) is 0. The number of hydrogen-bond donors (Lipinski definition) is 3. The summed E-state index contributed by atoms with van der Waals surface area (Å²) >= 11 is 5.93. The summed E-state index contributed by atoms with van der Waals surface area (Å²) in [5, 5.41) is 16.8. The predicted molar refractivity (Wildman–Crippen MR) is 138 cm³/mol. The van der Waals surface area contributed by atoms with Gasteiger partial charge in [0.25, 0.3) is 0 Å². The van der Waals surface area contributed by atoms with E-state index in [1.165, 1.54) is 32.1 Å². The molecule has 0 saturated heterocycles. The monoisotopic (exact) mass is 542 g/mol. The summed E-state index contributed by atoms with van der Waals surface area (Å²) in [6.07, 6.45) is 11.1. The van der Waals surface area contributed by atoms with Crippen LogP contribution in [0.3, 0.4) is 0 Å². The molecular weight excluding hydrogens is 499 g/mol. The van der Waals surface area contributed by atoms with Crippen molar-refractivity contribution in [2.75, 3.05) is 13.2 Å². The van der Waals surface area contributed by atoms with Crippen molar-refractivity contribution in [1.82, 2.24) is 10.6 Å². The van der Waals surface area contributed by atoms with Crippen LogP contribution in [0.25, 0.3) is 0 Å². The van der Waals surface area contributed by atoms with E-state index in [1.54, 1.807) is 0 Å². The average Bonchev–Trinajstić information content (AvgIpc) is 2.89. The molecule has 7 atom stereocenters. The number of hydrogen-bond acceptors (Lipinski definition) is 5. The highest BCUT2D eigenvalue weighted by molar-refractivity contribution is 6.21. The van der Waals surface area contributed by atoms with E-state index in [9.17, 15) is 19.1 Å². The van der Waals surface area contributed by atoms with Gasteiger partial charge >= 0.3 is 0 Å². The Morgan fingerprint density at radius 1 is 0.838 bits per heavy atom. The van der Waals surface area contributed by atoms with Gasteiger partial charge in [-0.1, -0.05) is 25.7 Å². The van der Waals surface area contributed by atoms with Gasteiger partial charge in [-0.3, -0.25) is 9.59 Å². The number of amides is 2. The lowest BCUT2D eigenvalue weighted by atomic mass is 9.60. The van der Waals surface area contributed by atoms with Gasteiger partial charge in [-0.15, -0.1) is 11.6 Å². The third-order valence-corrected chi connectivity index (χ3v) is 10.6. The number of alkyl halides is 2. The quantitative estimate of drug-likeness (QED) is 0.404. The Balaban J connectivity index is 1.04. The van der Waals surface area contributed by atoms with Crippen molar-refractivity contribution < 1.29 is 28.6 Å². The molecule has 6 saturated carbocycles. The summed E-state index contributed by atoms with van der Waals surface area (Å²) in [7, 11) is 0. The minimum atomic E-state index is -1.10. The zero-order valence-electron chi connectivity index (χ0n) is 21.9. The molecule has 0 aromatic heterocycles. The van der Waals surface area contributed by atoms with Crippen LogP contribution in [-0.4, -0.2) is 71.1 Å². The minimum absolute atomic E-state index is 0.0428. The van der Waals surface area contributed by atoms with Crippen molar-refractivity contribution in [2.24, 2.45) is 11.8 Å². The maximum atomic E-state index is 13.8. The first-order valence-corrected chi connectivity index (χ1v) is 15.0. The molecule has 37 heavy (non-hydrogen) atoms. The van der Waals surface area contributed by atoms with Crippen molar-refractivity contribution >= 4 is 23.4 Å². The van der Waals surface area contributed by atoms with Gasteiger partial charge < -0.3 is 25.2 Å². The van der Waals surface area contributed by atoms with E-state index in [2.05, 4.69) is 10.6 Å². The fourth-order valence-electron chi connectivity index (χ4n) is 7.87. The summed E-state index contributed by atoms with van der Waals surface area (Å²) in [6.45, 7) is -0.0781. The van der Waals surface area contributed by atoms with Crippen molar-refractivity contribution in [3.63, 3.8) is 0 Å². The molecule has 6 rings (SSSR count). The molecule has 0 spiro atoms. The molecule has 2 amide bonds. The van der Waals surface area contributed by atoms with E-state index in [1.807, 2.05) is 0 Å². The predicted octanol–water partition coefficient (Wildman–Crippen LogP) is 3.93. The maximum absolute atomic E-state index is 13.8. The van der Waals surface area contributed by atoms with Crippen molar-refractivity contribution in [1.29, 1.82) is 0 Å². The normalized spacial score (nSPS) is 43.6. The number of ether oxygens (including phenoxy) is 2. The molecule has 0 aromatic carbocycles. The van der Waals surface area contributed by atoms with E-state index >= 15 is 0 Å². The van der Waals surface area contributed by atoms with Crippen LogP contribution in [0.5, 0.6) is 0 Å². The summed E-state index contributed by atoms with van der Waals surface area (Å²) in [5.41, 5.74) is -1.14. The minimum Gasteiger partial charge on any atom is -0.391 e. The van der Waals surface area contributed by atoms with Crippen molar-refractivity contribution in [2.45, 2.75) is 137 Å². The Kier molecular flexibility index (Phi) is 8.69. The number of carbonyl (C=O) groups is 2. The average molecular weight is 543 g/mol. The number of halogens is 2. The highest BCUT2D eigenvalue weighted by atomic mass is 35.5. The van der Waals surface area contributed by atoms with Gasteiger partial charge in [0.05, 0.1) is 29.2 Å². The first-order chi connectivity index (χ1) is 17.8. The second-order valence-electron chi connectivity index (χ2n) is 12.6. The summed E-state index contributed by atoms with van der Waals surface area (Å²) in [4.78, 5) is 25.5. The summed E-state index contributed by atoms with van der Waals surface area (Å²) in [5.74, 6) is 1.20. The zero-order valence-corrected chi connectivity index (χ0v) is 22.7. The lowest BCUT2D eigenvalue weighted by Gasteiger charge is -2.56. The number of aliphatic hydroxyl groups excluding tert-OH is 1. The van der Waals surface area contributed by atoms with Gasteiger partial charge in [-0.05, 0) is 76.0 Å². The van der Waals surface area contributed by atoms with Crippen LogP contribution in [0, 0.1) is 11.8 Å². The largest absolute Gasteiger partial charge is 0.391 e. The Morgan fingerprint density at radius 2 is 1.46 bits per heavy atom. The Bertz CT molecular complexity index is 822. The van der Waals surface area contributed by atoms with Gasteiger partial charge in [0.2, 0.25) is 11.8 Å². The lowest BCUT2D eigenvalue weighted by Crippen LogP contribution is -2.70. The van der Waals surface area contributed by atoms with Gasteiger partial charge in [0.1, 0.15) is 19.4 Å². The van der Waals surface area contributed by atoms with Gasteiger partial charge in [0, 0.05) is 12.0 Å². The first kappa shape index (κ1) is 27.6. The van der Waals surface area contributed by atoms with E-state index in [-0.39, 0.29) is 43.7 Å². The fourth-order valence-corrected chi connectivity index (χ4v) is 8.10. The van der Waals surface area contributed by atoms with Crippen LogP contribution < -0.4 is 10.6 Å². The molecule has 0 heterocycles. The van der Waals surface area contributed by atoms with E-state index in [0.717, 1.165) is 24.7 Å². The molecule has 2 bridgehead atoms. The Labute approximate surface area is 224 Å². The van der Waals surface area contributed by atoms with Gasteiger partial charge in [0.15, 0.2) is 0 Å². The molecule has 7 nitrogen and oxygen atoms in total. The van der Waals surface area contributed by atoms with Crippen molar-refractivity contribution in [3.05, 3.63) is 0 Å². The van der Waals surface area contributed by atoms with E-state index in [0.29, 0.717) is 44.9 Å². The van der Waals surface area contributed by atoms with Crippen LogP contribution in [0.4, 0.5) is 4.39 Å². The lowest BCUT2D eigenvalue weighted by molar-refractivity contribution is -0.142. The highest BCUT2D eigenvalue weighted by Gasteiger charge is 2.55. The second kappa shape index (κ2) is 11.6. The van der Waals surface area contributed by atoms with Crippen LogP contribution in [-0.2, 0) is 19.1 Å². The Morgan fingerprint density at radius 3 is 2.14 bits per heavy atom. The molecule has 0 aliphatic heterocycles. The van der Waals surface area contributed by atoms with Crippen LogP contribution in [0.2, 0.25) is 0 Å². The number of fused-ring (bicyclic) bond motifs is 4. The number of nitrogens with one attached hydrogen (secondary N) is 2. The molecule has 6 aliphatic rings. The zero-order chi connectivity index (χ0) is 26.0. The second-order valence-corrected chi connectivity index (χ2v) is 13.1. The molecule has 0 radical (unpaired) electrons. The maximum Gasteiger partial charge on any atom is 0.246 e. The molecule has 6 unspecified atom stereocenters. The van der Waals surface area contributed by atoms with Gasteiger partial charge in [-0.2, -0.15) is 0 Å². The molecule has 0 aromatic rings. The third kappa shape index (κ3) is 6.44. The topological polar surface area (TPSA) is 96.9 Å². The first-order valence-electron chi connectivity index (χ1n) is 14.6. The molecule has 9 heteroatoms. The molecule has 210 valence electrons. The molecule has 6 fully saturated rings. The standard InChI is InChI=1S/C28H44ClFN2O5/c29-22-8-7-21(14-23(22)30)37-16-25(34)31-27-9-11-28(12-10-27,24(33)15-27)32-26(35)17-36-20-6-5-18-3-1-2-4-19(18)13-20/h18-24,33H,1-17H2,(H,31,34)(H,32,35)/t18?,19?,20?,21?,22?,23?,24-,27?,28?/m0/s1. The Hall–Kier alpha value is -0.960. The fraction of sp³-hybridized carbons (Fsp3) is 0.929. The summed E-state index contributed by atoms with van der Waals surface area (Å²) < 4.78 is 25.5.